The van der Waals surface area contributed by atoms with Crippen molar-refractivity contribution in [1.82, 2.24) is 0 Å². The molecule has 1 aliphatic carbocycles. The normalized spacial score (nSPS) is 23.5. The number of ether oxygens (including phenoxy) is 1. The van der Waals surface area contributed by atoms with E-state index in [1.54, 1.807) is 0 Å². The van der Waals surface area contributed by atoms with Crippen LogP contribution in [0.2, 0.25) is 0 Å². The number of aliphatic hydroxyl groups excluding tert-OH is 1. The molecule has 2 aromatic carbocycles. The summed E-state index contributed by atoms with van der Waals surface area (Å²) in [6, 6.07) is 9.21. The van der Waals surface area contributed by atoms with Crippen molar-refractivity contribution >= 4 is 17.6 Å². The second-order valence-corrected chi connectivity index (χ2v) is 9.76. The van der Waals surface area contributed by atoms with Crippen molar-refractivity contribution < 1.29 is 42.1 Å². The molecule has 3 atom stereocenters. The number of nitrogens with one attached hydrogen (secondary N) is 1. The van der Waals surface area contributed by atoms with Gasteiger partial charge in [0, 0.05) is 5.41 Å². The van der Waals surface area contributed by atoms with Crippen LogP contribution in [0.5, 0.6) is 0 Å². The van der Waals surface area contributed by atoms with Gasteiger partial charge in [-0.25, -0.2) is 4.39 Å². The SMILES string of the molecule is O=C(O)[C@@H]1[C@@H](c2ccc(CC3(CO)COC3)cc2)CCC[C@H]1C(=O)Nc1ccc(C(F)(F)F)cc1F. The number of carboxylic acid groups (broad SMARTS) is 1. The van der Waals surface area contributed by atoms with Crippen molar-refractivity contribution in [3.63, 3.8) is 0 Å². The van der Waals surface area contributed by atoms with Gasteiger partial charge < -0.3 is 20.3 Å². The van der Waals surface area contributed by atoms with Crippen molar-refractivity contribution in [3.05, 3.63) is 65.0 Å². The molecular weight excluding hydrogens is 482 g/mol. The molecule has 36 heavy (non-hydrogen) atoms. The number of rotatable bonds is 7. The Kier molecular flexibility index (Phi) is 7.38. The quantitative estimate of drug-likeness (QED) is 0.474. The molecule has 2 aromatic rings. The number of anilines is 1. The van der Waals surface area contributed by atoms with Crippen LogP contribution in [0.4, 0.5) is 23.2 Å². The minimum absolute atomic E-state index is 0.00871. The van der Waals surface area contributed by atoms with Gasteiger partial charge in [0.05, 0.1) is 42.9 Å². The van der Waals surface area contributed by atoms with Crippen LogP contribution in [0.15, 0.2) is 42.5 Å². The zero-order chi connectivity index (χ0) is 26.1. The van der Waals surface area contributed by atoms with E-state index in [1.807, 2.05) is 24.3 Å². The number of carbonyl (C=O) groups excluding carboxylic acids is 1. The summed E-state index contributed by atoms with van der Waals surface area (Å²) >= 11 is 0. The van der Waals surface area contributed by atoms with Gasteiger partial charge in [0.1, 0.15) is 5.82 Å². The lowest BCUT2D eigenvalue weighted by Crippen LogP contribution is -2.47. The first-order chi connectivity index (χ1) is 17.0. The molecule has 0 bridgehead atoms. The first-order valence-electron chi connectivity index (χ1n) is 11.7. The summed E-state index contributed by atoms with van der Waals surface area (Å²) in [4.78, 5) is 25.2. The van der Waals surface area contributed by atoms with Crippen LogP contribution >= 0.6 is 0 Å². The summed E-state index contributed by atoms with van der Waals surface area (Å²) in [5.74, 6) is -5.67. The molecule has 0 aromatic heterocycles. The topological polar surface area (TPSA) is 95.9 Å². The van der Waals surface area contributed by atoms with E-state index in [2.05, 4.69) is 5.32 Å². The van der Waals surface area contributed by atoms with Crippen molar-refractivity contribution in [2.75, 3.05) is 25.1 Å². The predicted octanol–water partition coefficient (Wildman–Crippen LogP) is 4.62. The molecule has 1 saturated carbocycles. The molecule has 0 spiro atoms. The van der Waals surface area contributed by atoms with Crippen LogP contribution in [0.1, 0.15) is 41.9 Å². The van der Waals surface area contributed by atoms with Crippen LogP contribution in [-0.4, -0.2) is 41.9 Å². The number of benzene rings is 2. The fraction of sp³-hybridized carbons (Fsp3) is 0.462. The third-order valence-corrected chi connectivity index (χ3v) is 7.21. The number of hydrogen-bond acceptors (Lipinski definition) is 4. The average Bonchev–Trinajstić information content (AvgIpc) is 2.81. The molecule has 194 valence electrons. The standard InChI is InChI=1S/C26H27F4NO5/c27-20-10-17(26(28,29)30)8-9-21(20)31-23(33)19-3-1-2-18(22(19)24(34)35)16-6-4-15(5-7-16)11-25(12-32)13-36-14-25/h4-10,18-19,22,32H,1-3,11-14H2,(H,31,33)(H,34,35)/t18-,19-,22-/m1/s1. The van der Waals surface area contributed by atoms with Gasteiger partial charge in [-0.3, -0.25) is 9.59 Å². The Bertz CT molecular complexity index is 1110. The fourth-order valence-corrected chi connectivity index (χ4v) is 5.18. The lowest BCUT2D eigenvalue weighted by Gasteiger charge is -2.40. The molecule has 4 rings (SSSR count). The summed E-state index contributed by atoms with van der Waals surface area (Å²) in [7, 11) is 0. The van der Waals surface area contributed by atoms with Crippen LogP contribution in [0.25, 0.3) is 0 Å². The highest BCUT2D eigenvalue weighted by atomic mass is 19.4. The van der Waals surface area contributed by atoms with Crippen LogP contribution in [-0.2, 0) is 26.9 Å². The highest BCUT2D eigenvalue weighted by Gasteiger charge is 2.43. The van der Waals surface area contributed by atoms with E-state index in [1.165, 1.54) is 0 Å². The summed E-state index contributed by atoms with van der Waals surface area (Å²) in [6.07, 6.45) is -2.73. The molecule has 10 heteroatoms. The summed E-state index contributed by atoms with van der Waals surface area (Å²) in [5.41, 5.74) is -0.177. The number of amides is 1. The minimum atomic E-state index is -4.73. The Morgan fingerprint density at radius 3 is 2.31 bits per heavy atom. The van der Waals surface area contributed by atoms with Gasteiger partial charge in [-0.15, -0.1) is 0 Å². The van der Waals surface area contributed by atoms with E-state index in [9.17, 15) is 37.4 Å². The molecule has 1 aliphatic heterocycles. The number of aliphatic carboxylic acids is 1. The first kappa shape index (κ1) is 26.1. The number of carbonyl (C=O) groups is 2. The van der Waals surface area contributed by atoms with E-state index < -0.39 is 52.9 Å². The van der Waals surface area contributed by atoms with Gasteiger partial charge in [0.15, 0.2) is 0 Å². The summed E-state index contributed by atoms with van der Waals surface area (Å²) in [5, 5.41) is 21.9. The lowest BCUT2D eigenvalue weighted by atomic mass is 9.68. The third-order valence-electron chi connectivity index (χ3n) is 7.21. The summed E-state index contributed by atoms with van der Waals surface area (Å²) in [6.45, 7) is 0.964. The molecule has 2 aliphatic rings. The minimum Gasteiger partial charge on any atom is -0.481 e. The molecule has 1 heterocycles. The van der Waals surface area contributed by atoms with Crippen molar-refractivity contribution in [2.24, 2.45) is 17.3 Å². The second-order valence-electron chi connectivity index (χ2n) is 9.76. The van der Waals surface area contributed by atoms with Crippen molar-refractivity contribution in [3.8, 4) is 0 Å². The average molecular weight is 509 g/mol. The third kappa shape index (κ3) is 5.39. The highest BCUT2D eigenvalue weighted by molar-refractivity contribution is 5.95. The molecule has 2 fully saturated rings. The smallest absolute Gasteiger partial charge is 0.416 e. The Morgan fingerprint density at radius 1 is 1.08 bits per heavy atom. The van der Waals surface area contributed by atoms with E-state index in [0.717, 1.165) is 17.2 Å². The van der Waals surface area contributed by atoms with Crippen LogP contribution < -0.4 is 5.32 Å². The monoisotopic (exact) mass is 509 g/mol. The number of halogens is 4. The van der Waals surface area contributed by atoms with Gasteiger partial charge >= 0.3 is 12.1 Å². The number of aliphatic hydroxyl groups is 1. The molecule has 6 nitrogen and oxygen atoms in total. The molecule has 0 unspecified atom stereocenters. The largest absolute Gasteiger partial charge is 0.481 e. The second kappa shape index (κ2) is 10.2. The van der Waals surface area contributed by atoms with Gasteiger partial charge in [0.25, 0.3) is 0 Å². The van der Waals surface area contributed by atoms with Gasteiger partial charge in [-0.1, -0.05) is 30.7 Å². The number of hydrogen-bond donors (Lipinski definition) is 3. The number of alkyl halides is 3. The van der Waals surface area contributed by atoms with Crippen LogP contribution in [0, 0.1) is 23.1 Å². The Labute approximate surface area is 205 Å². The molecule has 1 amide bonds. The van der Waals surface area contributed by atoms with E-state index in [-0.39, 0.29) is 18.4 Å². The first-order valence-corrected chi connectivity index (χ1v) is 11.7. The maximum Gasteiger partial charge on any atom is 0.416 e. The molecular formula is C26H27F4NO5. The predicted molar refractivity (Wildman–Crippen MR) is 122 cm³/mol. The maximum atomic E-state index is 14.3. The lowest BCUT2D eigenvalue weighted by molar-refractivity contribution is -0.148. The van der Waals surface area contributed by atoms with Gasteiger partial charge in [-0.05, 0) is 54.5 Å². The molecule has 0 radical (unpaired) electrons. The van der Waals surface area contributed by atoms with E-state index in [4.69, 9.17) is 4.74 Å². The van der Waals surface area contributed by atoms with E-state index >= 15 is 0 Å². The highest BCUT2D eigenvalue weighted by Crippen LogP contribution is 2.43. The van der Waals surface area contributed by atoms with E-state index in [0.29, 0.717) is 44.6 Å². The Balaban J connectivity index is 1.50. The maximum absolute atomic E-state index is 14.3. The molecule has 1 saturated heterocycles. The summed E-state index contributed by atoms with van der Waals surface area (Å²) < 4.78 is 57.9. The van der Waals surface area contributed by atoms with Gasteiger partial charge in [0.2, 0.25) is 5.91 Å². The Hall–Kier alpha value is -2.98. The van der Waals surface area contributed by atoms with Crippen molar-refractivity contribution in [1.29, 1.82) is 0 Å². The zero-order valence-corrected chi connectivity index (χ0v) is 19.4. The van der Waals surface area contributed by atoms with Gasteiger partial charge in [-0.2, -0.15) is 13.2 Å². The fourth-order valence-electron chi connectivity index (χ4n) is 5.18. The molecule has 3 N–H and O–H groups in total. The Morgan fingerprint density at radius 2 is 1.78 bits per heavy atom. The number of carboxylic acids is 1. The van der Waals surface area contributed by atoms with Crippen molar-refractivity contribution in [2.45, 2.75) is 37.8 Å². The zero-order valence-electron chi connectivity index (χ0n) is 19.4. The van der Waals surface area contributed by atoms with Crippen LogP contribution in [0.3, 0.4) is 0 Å².